The molecule has 2 aromatic carbocycles. The molecule has 1 fully saturated rings. The van der Waals surface area contributed by atoms with Gasteiger partial charge in [0.2, 0.25) is 17.6 Å². The summed E-state index contributed by atoms with van der Waals surface area (Å²) in [6, 6.07) is 14.9. The van der Waals surface area contributed by atoms with Gasteiger partial charge in [-0.15, -0.1) is 0 Å². The number of hydrogen-bond donors (Lipinski definition) is 1. The van der Waals surface area contributed by atoms with Gasteiger partial charge in [-0.05, 0) is 19.1 Å². The van der Waals surface area contributed by atoms with Gasteiger partial charge in [-0.25, -0.2) is 0 Å². The molecule has 1 aliphatic rings. The number of carbonyl (C=O) groups excluding carboxylic acids is 1. The molecule has 0 radical (unpaired) electrons. The third kappa shape index (κ3) is 5.25. The summed E-state index contributed by atoms with van der Waals surface area (Å²) in [6.07, 6.45) is 0. The van der Waals surface area contributed by atoms with Crippen molar-refractivity contribution in [3.05, 3.63) is 64.5 Å². The summed E-state index contributed by atoms with van der Waals surface area (Å²) in [6.45, 7) is 5.45. The first kappa shape index (κ1) is 21.8. The highest BCUT2D eigenvalue weighted by Gasteiger charge is 2.27. The van der Waals surface area contributed by atoms with Crippen molar-refractivity contribution >= 4 is 34.8 Å². The lowest BCUT2D eigenvalue weighted by Crippen LogP contribution is -2.49. The van der Waals surface area contributed by atoms with Crippen LogP contribution in [0, 0.1) is 0 Å². The molecule has 0 spiro atoms. The second-order valence-electron chi connectivity index (χ2n) is 7.46. The van der Waals surface area contributed by atoms with Crippen LogP contribution in [0.4, 0.5) is 5.69 Å². The topological polar surface area (TPSA) is 74.5 Å². The number of nitrogens with one attached hydrogen (secondary N) is 1. The number of halogens is 2. The predicted octanol–water partition coefficient (Wildman–Crippen LogP) is 4.36. The van der Waals surface area contributed by atoms with Crippen LogP contribution < -0.4 is 5.32 Å². The SMILES string of the molecule is CC(c1nc(-c2ccccc2)no1)N1CCN(CC(=O)Nc2c(Cl)cccc2Cl)CC1. The zero-order valence-electron chi connectivity index (χ0n) is 17.1. The van der Waals surface area contributed by atoms with Crippen molar-refractivity contribution < 1.29 is 9.32 Å². The van der Waals surface area contributed by atoms with E-state index in [1.807, 2.05) is 30.3 Å². The van der Waals surface area contributed by atoms with E-state index < -0.39 is 0 Å². The summed E-state index contributed by atoms with van der Waals surface area (Å²) >= 11 is 12.3. The number of aromatic nitrogens is 2. The second-order valence-corrected chi connectivity index (χ2v) is 8.27. The molecule has 0 bridgehead atoms. The molecule has 1 aliphatic heterocycles. The number of carbonyl (C=O) groups is 1. The van der Waals surface area contributed by atoms with Crippen LogP contribution in [-0.2, 0) is 4.79 Å². The molecule has 4 rings (SSSR count). The lowest BCUT2D eigenvalue weighted by atomic mass is 10.2. The van der Waals surface area contributed by atoms with E-state index in [1.165, 1.54) is 0 Å². The Hall–Kier alpha value is -2.45. The maximum Gasteiger partial charge on any atom is 0.244 e. The van der Waals surface area contributed by atoms with Crippen molar-refractivity contribution in [3.8, 4) is 11.4 Å². The van der Waals surface area contributed by atoms with Gasteiger partial charge in [0, 0.05) is 31.7 Å². The number of benzene rings is 2. The summed E-state index contributed by atoms with van der Waals surface area (Å²) < 4.78 is 5.51. The van der Waals surface area contributed by atoms with Gasteiger partial charge < -0.3 is 9.84 Å². The van der Waals surface area contributed by atoms with E-state index >= 15 is 0 Å². The summed E-state index contributed by atoms with van der Waals surface area (Å²) in [7, 11) is 0. The molecular formula is C22H23Cl2N5O2. The Balaban J connectivity index is 1.29. The van der Waals surface area contributed by atoms with Gasteiger partial charge in [0.15, 0.2) is 0 Å². The first-order chi connectivity index (χ1) is 15.0. The largest absolute Gasteiger partial charge is 0.337 e. The number of para-hydroxylation sites is 1. The third-order valence-electron chi connectivity index (χ3n) is 5.38. The fourth-order valence-electron chi connectivity index (χ4n) is 3.57. The van der Waals surface area contributed by atoms with Gasteiger partial charge in [0.25, 0.3) is 0 Å². The van der Waals surface area contributed by atoms with Crippen molar-refractivity contribution in [3.63, 3.8) is 0 Å². The molecule has 0 aliphatic carbocycles. The molecule has 9 heteroatoms. The van der Waals surface area contributed by atoms with Crippen LogP contribution in [0.1, 0.15) is 18.9 Å². The molecule has 7 nitrogen and oxygen atoms in total. The number of piperazine rings is 1. The molecule has 0 saturated carbocycles. The summed E-state index contributed by atoms with van der Waals surface area (Å²) in [4.78, 5) is 21.4. The fourth-order valence-corrected chi connectivity index (χ4v) is 4.07. The molecular weight excluding hydrogens is 437 g/mol. The maximum atomic E-state index is 12.4. The maximum absolute atomic E-state index is 12.4. The number of anilines is 1. The first-order valence-electron chi connectivity index (χ1n) is 10.1. The standard InChI is InChI=1S/C22H23Cl2N5O2/c1-15(22-26-21(27-31-22)16-6-3-2-4-7-16)29-12-10-28(11-13-29)14-19(30)25-20-17(23)8-5-9-18(20)24/h2-9,15H,10-14H2,1H3,(H,25,30). The van der Waals surface area contributed by atoms with E-state index in [0.717, 1.165) is 31.7 Å². The Morgan fingerprint density at radius 3 is 2.42 bits per heavy atom. The van der Waals surface area contributed by atoms with Crippen molar-refractivity contribution in [2.24, 2.45) is 0 Å². The second kappa shape index (κ2) is 9.78. The molecule has 31 heavy (non-hydrogen) atoms. The minimum Gasteiger partial charge on any atom is -0.337 e. The third-order valence-corrected chi connectivity index (χ3v) is 6.01. The number of amides is 1. The highest BCUT2D eigenvalue weighted by atomic mass is 35.5. The number of nitrogens with zero attached hydrogens (tertiary/aromatic N) is 4. The Kier molecular flexibility index (Phi) is 6.87. The monoisotopic (exact) mass is 459 g/mol. The van der Waals surface area contributed by atoms with Crippen LogP contribution in [0.2, 0.25) is 10.0 Å². The van der Waals surface area contributed by atoms with Crippen LogP contribution in [0.5, 0.6) is 0 Å². The fraction of sp³-hybridized carbons (Fsp3) is 0.318. The average Bonchev–Trinajstić information content (AvgIpc) is 3.27. The zero-order valence-corrected chi connectivity index (χ0v) is 18.6. The molecule has 1 unspecified atom stereocenters. The van der Waals surface area contributed by atoms with Crippen LogP contribution in [0.25, 0.3) is 11.4 Å². The Morgan fingerprint density at radius 1 is 1.06 bits per heavy atom. The highest BCUT2D eigenvalue weighted by molar-refractivity contribution is 6.39. The molecule has 1 N–H and O–H groups in total. The first-order valence-corrected chi connectivity index (χ1v) is 10.9. The number of hydrogen-bond acceptors (Lipinski definition) is 6. The highest BCUT2D eigenvalue weighted by Crippen LogP contribution is 2.30. The Labute approximate surface area is 190 Å². The van der Waals surface area contributed by atoms with Crippen molar-refractivity contribution in [1.29, 1.82) is 0 Å². The lowest BCUT2D eigenvalue weighted by Gasteiger charge is -2.36. The van der Waals surface area contributed by atoms with Gasteiger partial charge in [0.1, 0.15) is 0 Å². The zero-order chi connectivity index (χ0) is 21.8. The number of rotatable bonds is 6. The van der Waals surface area contributed by atoms with Crippen molar-refractivity contribution in [2.75, 3.05) is 38.0 Å². The van der Waals surface area contributed by atoms with Gasteiger partial charge in [-0.2, -0.15) is 4.98 Å². The molecule has 2 heterocycles. The summed E-state index contributed by atoms with van der Waals surface area (Å²) in [5, 5.41) is 7.78. The smallest absolute Gasteiger partial charge is 0.244 e. The van der Waals surface area contributed by atoms with Crippen LogP contribution >= 0.6 is 23.2 Å². The molecule has 1 amide bonds. The van der Waals surface area contributed by atoms with Gasteiger partial charge in [-0.1, -0.05) is 64.8 Å². The van der Waals surface area contributed by atoms with Crippen molar-refractivity contribution in [1.82, 2.24) is 19.9 Å². The molecule has 1 aromatic heterocycles. The lowest BCUT2D eigenvalue weighted by molar-refractivity contribution is -0.117. The average molecular weight is 460 g/mol. The van der Waals surface area contributed by atoms with E-state index in [9.17, 15) is 4.79 Å². The van der Waals surface area contributed by atoms with E-state index in [0.29, 0.717) is 27.4 Å². The Morgan fingerprint density at radius 2 is 1.74 bits per heavy atom. The molecule has 1 atom stereocenters. The normalized spacial score (nSPS) is 16.2. The van der Waals surface area contributed by atoms with E-state index in [2.05, 4.69) is 32.2 Å². The summed E-state index contributed by atoms with van der Waals surface area (Å²) in [5.41, 5.74) is 1.38. The van der Waals surface area contributed by atoms with Crippen LogP contribution in [0.3, 0.4) is 0 Å². The molecule has 3 aromatic rings. The van der Waals surface area contributed by atoms with Crippen LogP contribution in [0.15, 0.2) is 53.1 Å². The Bertz CT molecular complexity index is 1020. The quantitative estimate of drug-likeness (QED) is 0.589. The predicted molar refractivity (Wildman–Crippen MR) is 121 cm³/mol. The molecule has 1 saturated heterocycles. The van der Waals surface area contributed by atoms with Gasteiger partial charge in [-0.3, -0.25) is 14.6 Å². The minimum absolute atomic E-state index is 0.00266. The minimum atomic E-state index is -0.138. The van der Waals surface area contributed by atoms with E-state index in [4.69, 9.17) is 27.7 Å². The van der Waals surface area contributed by atoms with Crippen molar-refractivity contribution in [2.45, 2.75) is 13.0 Å². The molecule has 162 valence electrons. The van der Waals surface area contributed by atoms with Gasteiger partial charge in [0.05, 0.1) is 28.3 Å². The van der Waals surface area contributed by atoms with Crippen LogP contribution in [-0.4, -0.2) is 58.6 Å². The summed E-state index contributed by atoms with van der Waals surface area (Å²) in [5.74, 6) is 1.05. The van der Waals surface area contributed by atoms with Gasteiger partial charge >= 0.3 is 0 Å². The van der Waals surface area contributed by atoms with E-state index in [1.54, 1.807) is 18.2 Å². The van der Waals surface area contributed by atoms with E-state index in [-0.39, 0.29) is 18.5 Å².